The molecule has 1 saturated carbocycles. The summed E-state index contributed by atoms with van der Waals surface area (Å²) < 4.78 is 5.60. The maximum Gasteiger partial charge on any atom is 0.137 e. The highest BCUT2D eigenvalue weighted by atomic mass is 35.5. The number of aromatic nitrogens is 2. The van der Waals surface area contributed by atoms with E-state index >= 15 is 0 Å². The van der Waals surface area contributed by atoms with E-state index in [4.69, 9.17) is 16.3 Å². The SMILES string of the molecule is Cc1c(Cl)ncnc1N(C)CCOCC1CC1. The van der Waals surface area contributed by atoms with Crippen LogP contribution in [0.2, 0.25) is 5.15 Å². The summed E-state index contributed by atoms with van der Waals surface area (Å²) in [7, 11) is 1.99. The molecule has 0 spiro atoms. The lowest BCUT2D eigenvalue weighted by Crippen LogP contribution is -2.24. The third-order valence-electron chi connectivity index (χ3n) is 2.98. The van der Waals surface area contributed by atoms with E-state index in [-0.39, 0.29) is 0 Å². The van der Waals surface area contributed by atoms with Gasteiger partial charge in [0, 0.05) is 25.8 Å². The molecule has 1 aliphatic carbocycles. The van der Waals surface area contributed by atoms with Crippen LogP contribution in [-0.4, -0.2) is 36.8 Å². The minimum atomic E-state index is 0.515. The van der Waals surface area contributed by atoms with Crippen LogP contribution in [0.25, 0.3) is 0 Å². The van der Waals surface area contributed by atoms with Crippen molar-refractivity contribution in [3.63, 3.8) is 0 Å². The molecule has 0 saturated heterocycles. The number of likely N-dealkylation sites (N-methyl/N-ethyl adjacent to an activating group) is 1. The third kappa shape index (κ3) is 3.54. The summed E-state index contributed by atoms with van der Waals surface area (Å²) in [5, 5.41) is 0.515. The molecule has 0 amide bonds. The van der Waals surface area contributed by atoms with E-state index < -0.39 is 0 Å². The minimum Gasteiger partial charge on any atom is -0.379 e. The highest BCUT2D eigenvalue weighted by Gasteiger charge is 2.21. The first-order valence-corrected chi connectivity index (χ1v) is 6.32. The molecule has 2 rings (SSSR count). The number of nitrogens with zero attached hydrogens (tertiary/aromatic N) is 3. The van der Waals surface area contributed by atoms with E-state index in [1.54, 1.807) is 0 Å². The lowest BCUT2D eigenvalue weighted by Gasteiger charge is -2.20. The van der Waals surface area contributed by atoms with Crippen LogP contribution in [0.1, 0.15) is 18.4 Å². The molecule has 94 valence electrons. The van der Waals surface area contributed by atoms with Crippen molar-refractivity contribution in [2.75, 3.05) is 31.7 Å². The van der Waals surface area contributed by atoms with Gasteiger partial charge in [0.15, 0.2) is 0 Å². The molecule has 5 heteroatoms. The van der Waals surface area contributed by atoms with Gasteiger partial charge in [0.05, 0.1) is 6.61 Å². The van der Waals surface area contributed by atoms with Gasteiger partial charge >= 0.3 is 0 Å². The first-order valence-electron chi connectivity index (χ1n) is 5.94. The molecule has 0 atom stereocenters. The van der Waals surface area contributed by atoms with Crippen LogP contribution in [0.15, 0.2) is 6.33 Å². The molecule has 1 fully saturated rings. The average molecular weight is 256 g/mol. The second-order valence-corrected chi connectivity index (χ2v) is 4.91. The molecule has 1 aromatic heterocycles. The number of halogens is 1. The van der Waals surface area contributed by atoms with Crippen molar-refractivity contribution in [1.29, 1.82) is 0 Å². The Balaban J connectivity index is 1.81. The topological polar surface area (TPSA) is 38.2 Å². The van der Waals surface area contributed by atoms with Crippen molar-refractivity contribution in [2.24, 2.45) is 5.92 Å². The summed E-state index contributed by atoms with van der Waals surface area (Å²) in [4.78, 5) is 10.2. The molecular weight excluding hydrogens is 238 g/mol. The minimum absolute atomic E-state index is 0.515. The molecule has 0 aromatic carbocycles. The molecule has 1 aromatic rings. The smallest absolute Gasteiger partial charge is 0.137 e. The van der Waals surface area contributed by atoms with Crippen LogP contribution >= 0.6 is 11.6 Å². The number of hydrogen-bond donors (Lipinski definition) is 0. The maximum atomic E-state index is 5.96. The second-order valence-electron chi connectivity index (χ2n) is 4.55. The Morgan fingerprint density at radius 1 is 1.47 bits per heavy atom. The number of anilines is 1. The lowest BCUT2D eigenvalue weighted by atomic mass is 10.3. The van der Waals surface area contributed by atoms with Crippen LogP contribution in [0.5, 0.6) is 0 Å². The number of rotatable bonds is 6. The summed E-state index contributed by atoms with van der Waals surface area (Å²) in [5.41, 5.74) is 0.916. The monoisotopic (exact) mass is 255 g/mol. The lowest BCUT2D eigenvalue weighted by molar-refractivity contribution is 0.130. The van der Waals surface area contributed by atoms with Gasteiger partial charge in [0.25, 0.3) is 0 Å². The van der Waals surface area contributed by atoms with E-state index in [0.717, 1.165) is 37.1 Å². The van der Waals surface area contributed by atoms with E-state index in [1.807, 2.05) is 14.0 Å². The zero-order chi connectivity index (χ0) is 12.3. The number of ether oxygens (including phenoxy) is 1. The Morgan fingerprint density at radius 3 is 2.94 bits per heavy atom. The highest BCUT2D eigenvalue weighted by Crippen LogP contribution is 2.28. The molecular formula is C12H18ClN3O. The van der Waals surface area contributed by atoms with Crippen LogP contribution in [0.3, 0.4) is 0 Å². The Labute approximate surface area is 107 Å². The molecule has 1 aliphatic rings. The van der Waals surface area contributed by atoms with Crippen LogP contribution in [0.4, 0.5) is 5.82 Å². The van der Waals surface area contributed by atoms with Gasteiger partial charge in [0.1, 0.15) is 17.3 Å². The molecule has 0 aliphatic heterocycles. The second kappa shape index (κ2) is 5.65. The zero-order valence-corrected chi connectivity index (χ0v) is 11.1. The van der Waals surface area contributed by atoms with Gasteiger partial charge in [-0.05, 0) is 25.7 Å². The van der Waals surface area contributed by atoms with Crippen molar-refractivity contribution in [2.45, 2.75) is 19.8 Å². The summed E-state index contributed by atoms with van der Waals surface area (Å²) in [6.45, 7) is 4.38. The van der Waals surface area contributed by atoms with Crippen LogP contribution in [0, 0.1) is 12.8 Å². The van der Waals surface area contributed by atoms with E-state index in [2.05, 4.69) is 14.9 Å². The van der Waals surface area contributed by atoms with E-state index in [9.17, 15) is 0 Å². The normalized spacial score (nSPS) is 15.0. The van der Waals surface area contributed by atoms with E-state index in [1.165, 1.54) is 19.2 Å². The van der Waals surface area contributed by atoms with Gasteiger partial charge in [-0.3, -0.25) is 0 Å². The van der Waals surface area contributed by atoms with Crippen LogP contribution < -0.4 is 4.90 Å². The molecule has 0 bridgehead atoms. The fraction of sp³-hybridized carbons (Fsp3) is 0.667. The summed E-state index contributed by atoms with van der Waals surface area (Å²) in [5.74, 6) is 1.69. The van der Waals surface area contributed by atoms with Gasteiger partial charge < -0.3 is 9.64 Å². The molecule has 1 heterocycles. The average Bonchev–Trinajstić information content (AvgIpc) is 3.12. The predicted octanol–water partition coefficient (Wildman–Crippen LogP) is 2.30. The van der Waals surface area contributed by atoms with Crippen molar-refractivity contribution in [1.82, 2.24) is 9.97 Å². The standard InChI is InChI=1S/C12H18ClN3O/c1-9-11(13)14-8-15-12(9)16(2)5-6-17-7-10-3-4-10/h8,10H,3-7H2,1-2H3. The maximum absolute atomic E-state index is 5.96. The largest absolute Gasteiger partial charge is 0.379 e. The molecule has 0 unspecified atom stereocenters. The molecule has 17 heavy (non-hydrogen) atoms. The zero-order valence-electron chi connectivity index (χ0n) is 10.3. The number of hydrogen-bond acceptors (Lipinski definition) is 4. The van der Waals surface area contributed by atoms with Crippen molar-refractivity contribution in [3.05, 3.63) is 17.0 Å². The summed E-state index contributed by atoms with van der Waals surface area (Å²) >= 11 is 5.96. The first-order chi connectivity index (χ1) is 8.18. The van der Waals surface area contributed by atoms with Gasteiger partial charge in [-0.25, -0.2) is 9.97 Å². The molecule has 4 nitrogen and oxygen atoms in total. The summed E-state index contributed by atoms with van der Waals surface area (Å²) in [6, 6.07) is 0. The first kappa shape index (κ1) is 12.6. The quantitative estimate of drug-likeness (QED) is 0.578. The Kier molecular flexibility index (Phi) is 4.18. The van der Waals surface area contributed by atoms with Crippen molar-refractivity contribution >= 4 is 17.4 Å². The third-order valence-corrected chi connectivity index (χ3v) is 3.36. The Hall–Kier alpha value is -0.870. The van der Waals surface area contributed by atoms with Crippen LogP contribution in [-0.2, 0) is 4.74 Å². The van der Waals surface area contributed by atoms with Gasteiger partial charge in [-0.2, -0.15) is 0 Å². The highest BCUT2D eigenvalue weighted by molar-refractivity contribution is 6.30. The van der Waals surface area contributed by atoms with Gasteiger partial charge in [-0.15, -0.1) is 0 Å². The molecule has 0 radical (unpaired) electrons. The molecule has 0 N–H and O–H groups in total. The van der Waals surface area contributed by atoms with Crippen molar-refractivity contribution < 1.29 is 4.74 Å². The van der Waals surface area contributed by atoms with Crippen molar-refractivity contribution in [3.8, 4) is 0 Å². The fourth-order valence-corrected chi connectivity index (χ4v) is 1.78. The Bertz CT molecular complexity index is 382. The Morgan fingerprint density at radius 2 is 2.24 bits per heavy atom. The summed E-state index contributed by atoms with van der Waals surface area (Å²) in [6.07, 6.45) is 4.15. The fourth-order valence-electron chi connectivity index (χ4n) is 1.65. The van der Waals surface area contributed by atoms with Gasteiger partial charge in [0.2, 0.25) is 0 Å². The van der Waals surface area contributed by atoms with Gasteiger partial charge in [-0.1, -0.05) is 11.6 Å². The predicted molar refractivity (Wildman–Crippen MR) is 68.6 cm³/mol. The van der Waals surface area contributed by atoms with E-state index in [0.29, 0.717) is 5.15 Å².